The summed E-state index contributed by atoms with van der Waals surface area (Å²) >= 11 is 2.88. The highest BCUT2D eigenvalue weighted by atomic mass is 127. The summed E-state index contributed by atoms with van der Waals surface area (Å²) in [7, 11) is 0. The predicted octanol–water partition coefficient (Wildman–Crippen LogP) is 4.85. The third-order valence-electron chi connectivity index (χ3n) is 4.53. The fourth-order valence-electron chi connectivity index (χ4n) is 3.12. The number of hydrogen-bond acceptors (Lipinski definition) is 5. The van der Waals surface area contributed by atoms with Gasteiger partial charge in [-0.1, -0.05) is 0 Å². The number of guanidine groups is 1. The zero-order chi connectivity index (χ0) is 20.7. The number of nitrogens with one attached hydrogen (secondary N) is 2. The Morgan fingerprint density at radius 1 is 1.13 bits per heavy atom. The van der Waals surface area contributed by atoms with Crippen LogP contribution in [0.3, 0.4) is 0 Å². The number of aryl methyl sites for hydroxylation is 3. The van der Waals surface area contributed by atoms with Crippen LogP contribution < -0.4 is 10.6 Å². The third kappa shape index (κ3) is 7.63. The fraction of sp³-hybridized carbons (Fsp3) is 0.632. The molecule has 2 heterocycles. The van der Waals surface area contributed by atoms with Crippen molar-refractivity contribution in [2.75, 3.05) is 19.6 Å². The lowest BCUT2D eigenvalue weighted by Gasteiger charge is -2.10. The van der Waals surface area contributed by atoms with Crippen molar-refractivity contribution < 1.29 is 13.2 Å². The minimum absolute atomic E-state index is 0. The SMILES string of the molecule is CCNC(=NCCCc1nc2c(s1)CCCC2)NCCc1nc(C(F)(F)F)cs1.I. The first-order valence-corrected chi connectivity index (χ1v) is 11.7. The van der Waals surface area contributed by atoms with Gasteiger partial charge in [0.05, 0.1) is 15.7 Å². The second-order valence-corrected chi connectivity index (χ2v) is 8.96. The number of fused-ring (bicyclic) bond motifs is 1. The molecule has 0 unspecified atom stereocenters. The molecule has 1 aliphatic rings. The zero-order valence-electron chi connectivity index (χ0n) is 16.8. The van der Waals surface area contributed by atoms with E-state index >= 15 is 0 Å². The molecule has 3 rings (SSSR count). The van der Waals surface area contributed by atoms with Gasteiger partial charge in [-0.15, -0.1) is 46.7 Å². The maximum atomic E-state index is 12.6. The Morgan fingerprint density at radius 3 is 2.63 bits per heavy atom. The molecule has 0 bridgehead atoms. The van der Waals surface area contributed by atoms with Crippen LogP contribution in [0, 0.1) is 0 Å². The molecule has 5 nitrogen and oxygen atoms in total. The second kappa shape index (κ2) is 12.2. The maximum Gasteiger partial charge on any atom is 0.434 e. The molecular weight excluding hydrogens is 546 g/mol. The monoisotopic (exact) mass is 573 g/mol. The van der Waals surface area contributed by atoms with E-state index in [1.807, 2.05) is 18.3 Å². The molecule has 2 N–H and O–H groups in total. The Balaban J connectivity index is 0.00000320. The number of aliphatic imine (C=N–C) groups is 1. The second-order valence-electron chi connectivity index (χ2n) is 6.85. The van der Waals surface area contributed by atoms with Crippen molar-refractivity contribution in [3.63, 3.8) is 0 Å². The van der Waals surface area contributed by atoms with Crippen molar-refractivity contribution in [2.24, 2.45) is 4.99 Å². The summed E-state index contributed by atoms with van der Waals surface area (Å²) in [5.74, 6) is 0.679. The van der Waals surface area contributed by atoms with Gasteiger partial charge in [-0.05, 0) is 39.0 Å². The van der Waals surface area contributed by atoms with Gasteiger partial charge in [0.15, 0.2) is 11.7 Å². The maximum absolute atomic E-state index is 12.6. The number of hydrogen-bond donors (Lipinski definition) is 2. The van der Waals surface area contributed by atoms with Crippen molar-refractivity contribution in [1.82, 2.24) is 20.6 Å². The Labute approximate surface area is 200 Å². The Hall–Kier alpha value is -0.950. The molecule has 2 aromatic heterocycles. The average Bonchev–Trinajstić information content (AvgIpc) is 3.31. The summed E-state index contributed by atoms with van der Waals surface area (Å²) in [6, 6.07) is 0. The average molecular weight is 573 g/mol. The molecule has 0 fully saturated rings. The van der Waals surface area contributed by atoms with E-state index < -0.39 is 11.9 Å². The molecule has 0 amide bonds. The molecule has 168 valence electrons. The molecule has 0 saturated heterocycles. The Morgan fingerprint density at radius 2 is 1.93 bits per heavy atom. The van der Waals surface area contributed by atoms with E-state index in [4.69, 9.17) is 4.98 Å². The van der Waals surface area contributed by atoms with E-state index in [9.17, 15) is 13.2 Å². The normalized spacial score (nSPS) is 14.2. The van der Waals surface area contributed by atoms with Crippen LogP contribution in [0.25, 0.3) is 0 Å². The van der Waals surface area contributed by atoms with Gasteiger partial charge < -0.3 is 10.6 Å². The first-order chi connectivity index (χ1) is 14.0. The number of thiazole rings is 2. The number of alkyl halides is 3. The summed E-state index contributed by atoms with van der Waals surface area (Å²) in [6.07, 6.45) is 2.70. The van der Waals surface area contributed by atoms with E-state index in [0.29, 0.717) is 30.5 Å². The van der Waals surface area contributed by atoms with Crippen LogP contribution in [0.2, 0.25) is 0 Å². The van der Waals surface area contributed by atoms with Crippen LogP contribution in [0.1, 0.15) is 52.5 Å². The zero-order valence-corrected chi connectivity index (χ0v) is 20.8. The number of aromatic nitrogens is 2. The quantitative estimate of drug-likeness (QED) is 0.205. The summed E-state index contributed by atoms with van der Waals surface area (Å²) in [5.41, 5.74) is 0.479. The van der Waals surface area contributed by atoms with Gasteiger partial charge in [0.1, 0.15) is 0 Å². The molecule has 0 aromatic carbocycles. The third-order valence-corrected chi connectivity index (χ3v) is 6.65. The van der Waals surface area contributed by atoms with Crippen molar-refractivity contribution in [3.8, 4) is 0 Å². The van der Waals surface area contributed by atoms with Crippen LogP contribution in [0.15, 0.2) is 10.4 Å². The highest BCUT2D eigenvalue weighted by Crippen LogP contribution is 2.30. The molecule has 2 aromatic rings. The molecule has 1 aliphatic carbocycles. The van der Waals surface area contributed by atoms with Crippen LogP contribution in [-0.4, -0.2) is 35.6 Å². The molecule has 0 saturated carbocycles. The van der Waals surface area contributed by atoms with E-state index in [1.165, 1.54) is 34.8 Å². The Kier molecular flexibility index (Phi) is 10.3. The van der Waals surface area contributed by atoms with E-state index in [0.717, 1.165) is 42.5 Å². The number of nitrogens with zero attached hydrogens (tertiary/aromatic N) is 3. The minimum atomic E-state index is -4.38. The Bertz CT molecular complexity index is 796. The molecule has 11 heteroatoms. The van der Waals surface area contributed by atoms with Gasteiger partial charge in [0.25, 0.3) is 0 Å². The van der Waals surface area contributed by atoms with Gasteiger partial charge in [-0.3, -0.25) is 4.99 Å². The lowest BCUT2D eigenvalue weighted by molar-refractivity contribution is -0.140. The van der Waals surface area contributed by atoms with Crippen LogP contribution >= 0.6 is 46.7 Å². The van der Waals surface area contributed by atoms with Crippen molar-refractivity contribution in [3.05, 3.63) is 31.7 Å². The van der Waals surface area contributed by atoms with Gasteiger partial charge in [-0.25, -0.2) is 9.97 Å². The first-order valence-electron chi connectivity index (χ1n) is 9.97. The highest BCUT2D eigenvalue weighted by Gasteiger charge is 2.33. The number of halogens is 4. The van der Waals surface area contributed by atoms with Crippen LogP contribution in [0.4, 0.5) is 13.2 Å². The summed E-state index contributed by atoms with van der Waals surface area (Å²) in [6.45, 7) is 3.86. The summed E-state index contributed by atoms with van der Waals surface area (Å²) < 4.78 is 37.8. The molecule has 0 radical (unpaired) electrons. The topological polar surface area (TPSA) is 62.2 Å². The smallest absolute Gasteiger partial charge is 0.357 e. The standard InChI is InChI=1S/C19H26F3N5S2.HI/c1-2-23-18(25-11-9-16-27-15(12-28-16)19(20,21)22)24-10-5-8-17-26-13-6-3-4-7-14(13)29-17;/h12H,2-11H2,1H3,(H2,23,24,25);1H. The van der Waals surface area contributed by atoms with Crippen LogP contribution in [0.5, 0.6) is 0 Å². The molecule has 0 spiro atoms. The molecule has 30 heavy (non-hydrogen) atoms. The minimum Gasteiger partial charge on any atom is -0.357 e. The fourth-order valence-corrected chi connectivity index (χ4v) is 5.12. The van der Waals surface area contributed by atoms with Crippen molar-refractivity contribution in [2.45, 2.75) is 58.0 Å². The van der Waals surface area contributed by atoms with Gasteiger partial charge >= 0.3 is 6.18 Å². The molecule has 0 aliphatic heterocycles. The highest BCUT2D eigenvalue weighted by molar-refractivity contribution is 14.0. The van der Waals surface area contributed by atoms with E-state index in [-0.39, 0.29) is 24.0 Å². The van der Waals surface area contributed by atoms with Gasteiger partial charge in [0, 0.05) is 42.7 Å². The van der Waals surface area contributed by atoms with Crippen molar-refractivity contribution in [1.29, 1.82) is 0 Å². The molecule has 0 atom stereocenters. The van der Waals surface area contributed by atoms with Crippen molar-refractivity contribution >= 4 is 52.6 Å². The summed E-state index contributed by atoms with van der Waals surface area (Å²) in [4.78, 5) is 14.4. The summed E-state index contributed by atoms with van der Waals surface area (Å²) in [5, 5.41) is 9.06. The number of rotatable bonds is 8. The van der Waals surface area contributed by atoms with E-state index in [1.54, 1.807) is 0 Å². The lowest BCUT2D eigenvalue weighted by atomic mass is 10.0. The molecular formula is C19H27F3IN5S2. The lowest BCUT2D eigenvalue weighted by Crippen LogP contribution is -2.38. The largest absolute Gasteiger partial charge is 0.434 e. The van der Waals surface area contributed by atoms with Gasteiger partial charge in [-0.2, -0.15) is 13.2 Å². The van der Waals surface area contributed by atoms with Gasteiger partial charge in [0.2, 0.25) is 0 Å². The predicted molar refractivity (Wildman–Crippen MR) is 127 cm³/mol. The van der Waals surface area contributed by atoms with E-state index in [2.05, 4.69) is 20.6 Å². The first kappa shape index (κ1) is 25.3. The van der Waals surface area contributed by atoms with Crippen LogP contribution in [-0.2, 0) is 31.9 Å².